The molecule has 2 aromatic rings. The van der Waals surface area contributed by atoms with Crippen LogP contribution in [0.3, 0.4) is 0 Å². The molecular formula is C18H25N3O2. The summed E-state index contributed by atoms with van der Waals surface area (Å²) in [7, 11) is 1.74. The van der Waals surface area contributed by atoms with Crippen molar-refractivity contribution >= 4 is 0 Å². The minimum Gasteiger partial charge on any atom is -0.496 e. The largest absolute Gasteiger partial charge is 0.496 e. The topological polar surface area (TPSA) is 50.5 Å². The van der Waals surface area contributed by atoms with Crippen LogP contribution < -0.4 is 4.74 Å². The molecule has 124 valence electrons. The normalized spacial score (nSPS) is 18.5. The van der Waals surface area contributed by atoms with Gasteiger partial charge >= 0.3 is 0 Å². The van der Waals surface area contributed by atoms with Gasteiger partial charge in [0.15, 0.2) is 0 Å². The molecule has 0 radical (unpaired) electrons. The summed E-state index contributed by atoms with van der Waals surface area (Å²) in [5, 5.41) is 13.5. The van der Waals surface area contributed by atoms with Crippen LogP contribution in [0.1, 0.15) is 35.7 Å². The van der Waals surface area contributed by atoms with Crippen molar-refractivity contribution in [1.29, 1.82) is 0 Å². The molecule has 5 heteroatoms. The van der Waals surface area contributed by atoms with E-state index in [2.05, 4.69) is 28.3 Å². The summed E-state index contributed by atoms with van der Waals surface area (Å²) in [5.74, 6) is 0.970. The number of rotatable bonds is 6. The highest BCUT2D eigenvalue weighted by molar-refractivity contribution is 5.36. The van der Waals surface area contributed by atoms with Crippen LogP contribution >= 0.6 is 0 Å². The predicted octanol–water partition coefficient (Wildman–Crippen LogP) is 2.53. The Bertz CT molecular complexity index is 653. The molecule has 5 nitrogen and oxygen atoms in total. The SMILES string of the molecule is COc1ccccc1C1CCCN1Cc1cn(CCO)nc1C. The lowest BCUT2D eigenvalue weighted by atomic mass is 10.0. The first kappa shape index (κ1) is 16.0. The van der Waals surface area contributed by atoms with Crippen molar-refractivity contribution in [3.05, 3.63) is 47.3 Å². The fourth-order valence-corrected chi connectivity index (χ4v) is 3.46. The maximum absolute atomic E-state index is 9.07. The van der Waals surface area contributed by atoms with Gasteiger partial charge in [-0.05, 0) is 32.4 Å². The van der Waals surface area contributed by atoms with Crippen LogP contribution in [-0.4, -0.2) is 40.0 Å². The summed E-state index contributed by atoms with van der Waals surface area (Å²) in [6.45, 7) is 4.69. The number of likely N-dealkylation sites (tertiary alicyclic amines) is 1. The number of benzene rings is 1. The van der Waals surface area contributed by atoms with Crippen LogP contribution in [0.4, 0.5) is 0 Å². The van der Waals surface area contributed by atoms with Crippen LogP contribution in [0.2, 0.25) is 0 Å². The summed E-state index contributed by atoms with van der Waals surface area (Å²) in [6.07, 6.45) is 4.42. The minimum atomic E-state index is 0.119. The third kappa shape index (κ3) is 3.41. The molecule has 1 atom stereocenters. The quantitative estimate of drug-likeness (QED) is 0.890. The number of aliphatic hydroxyl groups is 1. The van der Waals surface area contributed by atoms with Gasteiger partial charge in [0.1, 0.15) is 5.75 Å². The third-order valence-electron chi connectivity index (χ3n) is 4.61. The maximum atomic E-state index is 9.07. The summed E-state index contributed by atoms with van der Waals surface area (Å²) in [6, 6.07) is 8.70. The molecule has 0 spiro atoms. The molecule has 1 fully saturated rings. The van der Waals surface area contributed by atoms with E-state index in [0.717, 1.165) is 31.0 Å². The molecule has 1 aromatic heterocycles. The van der Waals surface area contributed by atoms with Crippen molar-refractivity contribution in [3.8, 4) is 5.75 Å². The smallest absolute Gasteiger partial charge is 0.123 e. The molecule has 0 amide bonds. The Hall–Kier alpha value is -1.85. The van der Waals surface area contributed by atoms with Crippen molar-refractivity contribution in [2.45, 2.75) is 38.9 Å². The molecule has 1 N–H and O–H groups in total. The second-order valence-corrected chi connectivity index (χ2v) is 6.10. The van der Waals surface area contributed by atoms with Gasteiger partial charge in [-0.3, -0.25) is 9.58 Å². The lowest BCUT2D eigenvalue weighted by molar-refractivity contribution is 0.242. The molecule has 1 saturated heterocycles. The van der Waals surface area contributed by atoms with E-state index < -0.39 is 0 Å². The molecule has 0 aliphatic carbocycles. The molecule has 1 unspecified atom stereocenters. The standard InChI is InChI=1S/C18H25N3O2/c1-14-15(13-21(19-14)10-11-22)12-20-9-5-7-17(20)16-6-3-4-8-18(16)23-2/h3-4,6,8,13,17,22H,5,7,9-12H2,1-2H3. The number of nitrogens with zero attached hydrogens (tertiary/aromatic N) is 3. The third-order valence-corrected chi connectivity index (χ3v) is 4.61. The molecule has 2 heterocycles. The van der Waals surface area contributed by atoms with Gasteiger partial charge in [-0.1, -0.05) is 18.2 Å². The molecular weight excluding hydrogens is 290 g/mol. The van der Waals surface area contributed by atoms with Crippen molar-refractivity contribution in [3.63, 3.8) is 0 Å². The average Bonchev–Trinajstić information content (AvgIpc) is 3.15. The Morgan fingerprint density at radius 3 is 2.96 bits per heavy atom. The Morgan fingerprint density at radius 1 is 1.35 bits per heavy atom. The zero-order valence-corrected chi connectivity index (χ0v) is 13.9. The van der Waals surface area contributed by atoms with Gasteiger partial charge < -0.3 is 9.84 Å². The first-order chi connectivity index (χ1) is 11.2. The molecule has 23 heavy (non-hydrogen) atoms. The minimum absolute atomic E-state index is 0.119. The molecule has 1 aromatic carbocycles. The highest BCUT2D eigenvalue weighted by Gasteiger charge is 2.28. The highest BCUT2D eigenvalue weighted by atomic mass is 16.5. The number of methoxy groups -OCH3 is 1. The molecule has 0 bridgehead atoms. The second kappa shape index (κ2) is 7.15. The number of hydrogen-bond donors (Lipinski definition) is 1. The molecule has 3 rings (SSSR count). The maximum Gasteiger partial charge on any atom is 0.123 e. The lowest BCUT2D eigenvalue weighted by Crippen LogP contribution is -2.23. The van der Waals surface area contributed by atoms with E-state index in [9.17, 15) is 0 Å². The van der Waals surface area contributed by atoms with Crippen LogP contribution in [0.25, 0.3) is 0 Å². The first-order valence-corrected chi connectivity index (χ1v) is 8.23. The zero-order chi connectivity index (χ0) is 16.2. The Kier molecular flexibility index (Phi) is 4.98. The van der Waals surface area contributed by atoms with Gasteiger partial charge in [0.05, 0.1) is 26.0 Å². The van der Waals surface area contributed by atoms with Crippen LogP contribution in [0.15, 0.2) is 30.5 Å². The fraction of sp³-hybridized carbons (Fsp3) is 0.500. The van der Waals surface area contributed by atoms with Crippen molar-refractivity contribution < 1.29 is 9.84 Å². The average molecular weight is 315 g/mol. The Balaban J connectivity index is 1.79. The van der Waals surface area contributed by atoms with E-state index in [1.54, 1.807) is 7.11 Å². The predicted molar refractivity (Wildman–Crippen MR) is 89.4 cm³/mol. The summed E-state index contributed by atoms with van der Waals surface area (Å²) < 4.78 is 7.38. The summed E-state index contributed by atoms with van der Waals surface area (Å²) in [4.78, 5) is 2.51. The number of aryl methyl sites for hydroxylation is 1. The van der Waals surface area contributed by atoms with Crippen LogP contribution in [-0.2, 0) is 13.1 Å². The van der Waals surface area contributed by atoms with E-state index >= 15 is 0 Å². The Morgan fingerprint density at radius 2 is 2.17 bits per heavy atom. The number of ether oxygens (including phenoxy) is 1. The van der Waals surface area contributed by atoms with Gasteiger partial charge in [0.25, 0.3) is 0 Å². The van der Waals surface area contributed by atoms with Gasteiger partial charge in [0.2, 0.25) is 0 Å². The van der Waals surface area contributed by atoms with Crippen LogP contribution in [0.5, 0.6) is 5.75 Å². The van der Waals surface area contributed by atoms with Crippen LogP contribution in [0, 0.1) is 6.92 Å². The van der Waals surface area contributed by atoms with E-state index in [4.69, 9.17) is 9.84 Å². The van der Waals surface area contributed by atoms with Gasteiger partial charge in [-0.25, -0.2) is 0 Å². The first-order valence-electron chi connectivity index (χ1n) is 8.23. The monoisotopic (exact) mass is 315 g/mol. The van der Waals surface area contributed by atoms with E-state index in [-0.39, 0.29) is 6.61 Å². The van der Waals surface area contributed by atoms with E-state index in [1.165, 1.54) is 17.5 Å². The highest BCUT2D eigenvalue weighted by Crippen LogP contribution is 2.37. The number of aliphatic hydroxyl groups excluding tert-OH is 1. The number of aromatic nitrogens is 2. The second-order valence-electron chi connectivity index (χ2n) is 6.10. The summed E-state index contributed by atoms with van der Waals surface area (Å²) >= 11 is 0. The fourth-order valence-electron chi connectivity index (χ4n) is 3.46. The van der Waals surface area contributed by atoms with Gasteiger partial charge in [-0.2, -0.15) is 5.10 Å². The van der Waals surface area contributed by atoms with Gasteiger partial charge in [-0.15, -0.1) is 0 Å². The Labute approximate surface area is 137 Å². The van der Waals surface area contributed by atoms with E-state index in [1.807, 2.05) is 23.7 Å². The zero-order valence-electron chi connectivity index (χ0n) is 13.9. The van der Waals surface area contributed by atoms with Crippen molar-refractivity contribution in [2.24, 2.45) is 0 Å². The summed E-state index contributed by atoms with van der Waals surface area (Å²) in [5.41, 5.74) is 3.55. The molecule has 1 aliphatic heterocycles. The molecule has 1 aliphatic rings. The molecule has 0 saturated carbocycles. The number of para-hydroxylation sites is 1. The lowest BCUT2D eigenvalue weighted by Gasteiger charge is -2.26. The van der Waals surface area contributed by atoms with E-state index in [0.29, 0.717) is 12.6 Å². The number of hydrogen-bond acceptors (Lipinski definition) is 4. The van der Waals surface area contributed by atoms with Crippen molar-refractivity contribution in [2.75, 3.05) is 20.3 Å². The van der Waals surface area contributed by atoms with Crippen molar-refractivity contribution in [1.82, 2.24) is 14.7 Å². The van der Waals surface area contributed by atoms with Gasteiger partial charge in [0, 0.05) is 29.9 Å².